The molecule has 1 aliphatic carbocycles. The molecule has 5 heteroatoms. The van der Waals surface area contributed by atoms with Gasteiger partial charge in [0.2, 0.25) is 0 Å². The predicted octanol–water partition coefficient (Wildman–Crippen LogP) is 1.55. The zero-order valence-electron chi connectivity index (χ0n) is 12.2. The van der Waals surface area contributed by atoms with Crippen molar-refractivity contribution in [1.29, 1.82) is 0 Å². The highest BCUT2D eigenvalue weighted by Gasteiger charge is 2.43. The maximum Gasteiger partial charge on any atom is 0.161 e. The van der Waals surface area contributed by atoms with Crippen LogP contribution < -0.4 is 9.47 Å². The lowest BCUT2D eigenvalue weighted by Gasteiger charge is -2.40. The summed E-state index contributed by atoms with van der Waals surface area (Å²) < 4.78 is 21.7. The number of rotatable bonds is 7. The Morgan fingerprint density at radius 3 is 2.65 bits per heavy atom. The topological polar surface area (TPSA) is 57.2 Å². The van der Waals surface area contributed by atoms with E-state index in [1.165, 1.54) is 0 Å². The molecule has 0 aromatic heterocycles. The van der Waals surface area contributed by atoms with Crippen molar-refractivity contribution in [2.75, 3.05) is 27.4 Å². The number of hydrogen-bond donors (Lipinski definition) is 1. The normalized spacial score (nSPS) is 25.1. The first kappa shape index (κ1) is 15.1. The van der Waals surface area contributed by atoms with Gasteiger partial charge in [-0.25, -0.2) is 0 Å². The van der Waals surface area contributed by atoms with Gasteiger partial charge in [-0.15, -0.1) is 0 Å². The first-order chi connectivity index (χ1) is 9.65. The van der Waals surface area contributed by atoms with Gasteiger partial charge in [0.1, 0.15) is 12.2 Å². The monoisotopic (exact) mass is 282 g/mol. The zero-order chi connectivity index (χ0) is 14.5. The number of benzene rings is 1. The summed E-state index contributed by atoms with van der Waals surface area (Å²) >= 11 is 0. The van der Waals surface area contributed by atoms with Gasteiger partial charge < -0.3 is 24.1 Å². The van der Waals surface area contributed by atoms with Crippen LogP contribution in [0.5, 0.6) is 11.5 Å². The molecule has 3 atom stereocenters. The lowest BCUT2D eigenvalue weighted by molar-refractivity contribution is -0.167. The minimum Gasteiger partial charge on any atom is -0.493 e. The van der Waals surface area contributed by atoms with Gasteiger partial charge in [-0.05, 0) is 24.6 Å². The second-order valence-corrected chi connectivity index (χ2v) is 4.94. The van der Waals surface area contributed by atoms with Gasteiger partial charge in [0.05, 0.1) is 26.4 Å². The predicted molar refractivity (Wildman–Crippen MR) is 74.4 cm³/mol. The Hall–Kier alpha value is -1.30. The van der Waals surface area contributed by atoms with Crippen LogP contribution in [0.25, 0.3) is 0 Å². The van der Waals surface area contributed by atoms with Gasteiger partial charge in [0.15, 0.2) is 11.5 Å². The highest BCUT2D eigenvalue weighted by atomic mass is 16.6. The molecular weight excluding hydrogens is 260 g/mol. The number of aryl methyl sites for hydroxylation is 1. The van der Waals surface area contributed by atoms with Crippen LogP contribution >= 0.6 is 0 Å². The van der Waals surface area contributed by atoms with E-state index in [1.54, 1.807) is 14.2 Å². The van der Waals surface area contributed by atoms with Crippen LogP contribution in [-0.2, 0) is 9.47 Å². The Balaban J connectivity index is 1.95. The van der Waals surface area contributed by atoms with Crippen LogP contribution in [0.3, 0.4) is 0 Å². The molecular formula is C15H22O5. The summed E-state index contributed by atoms with van der Waals surface area (Å²) in [5.74, 6) is 1.37. The smallest absolute Gasteiger partial charge is 0.161 e. The van der Waals surface area contributed by atoms with Gasteiger partial charge in [0, 0.05) is 13.5 Å². The third kappa shape index (κ3) is 3.42. The first-order valence-electron chi connectivity index (χ1n) is 6.75. The van der Waals surface area contributed by atoms with Gasteiger partial charge in [-0.3, -0.25) is 0 Å². The van der Waals surface area contributed by atoms with Crippen LogP contribution in [0.4, 0.5) is 0 Å². The second-order valence-electron chi connectivity index (χ2n) is 4.94. The van der Waals surface area contributed by atoms with E-state index in [9.17, 15) is 5.11 Å². The van der Waals surface area contributed by atoms with Crippen molar-refractivity contribution in [1.82, 2.24) is 0 Å². The first-order valence-corrected chi connectivity index (χ1v) is 6.75. The highest BCUT2D eigenvalue weighted by Crippen LogP contribution is 2.34. The summed E-state index contributed by atoms with van der Waals surface area (Å²) in [6.45, 7) is 2.95. The molecule has 1 aromatic carbocycles. The molecule has 3 unspecified atom stereocenters. The van der Waals surface area contributed by atoms with Gasteiger partial charge >= 0.3 is 0 Å². The van der Waals surface area contributed by atoms with E-state index in [-0.39, 0.29) is 12.2 Å². The van der Waals surface area contributed by atoms with Crippen LogP contribution in [0.2, 0.25) is 0 Å². The minimum absolute atomic E-state index is 0.154. The highest BCUT2D eigenvalue weighted by molar-refractivity contribution is 5.42. The Morgan fingerprint density at radius 1 is 1.20 bits per heavy atom. The van der Waals surface area contributed by atoms with Gasteiger partial charge in [-0.1, -0.05) is 6.07 Å². The average molecular weight is 282 g/mol. The maximum atomic E-state index is 9.75. The van der Waals surface area contributed by atoms with E-state index < -0.39 is 6.10 Å². The Bertz CT molecular complexity index is 434. The van der Waals surface area contributed by atoms with Crippen LogP contribution in [0, 0.1) is 6.92 Å². The molecule has 5 nitrogen and oxygen atoms in total. The number of aliphatic hydroxyl groups excluding tert-OH is 1. The summed E-state index contributed by atoms with van der Waals surface area (Å²) in [4.78, 5) is 0. The van der Waals surface area contributed by atoms with E-state index in [0.29, 0.717) is 31.1 Å². The van der Waals surface area contributed by atoms with Crippen molar-refractivity contribution < 1.29 is 24.1 Å². The van der Waals surface area contributed by atoms with E-state index in [4.69, 9.17) is 18.9 Å². The molecule has 0 heterocycles. The number of methoxy groups -OCH3 is 2. The molecule has 1 fully saturated rings. The van der Waals surface area contributed by atoms with Crippen molar-refractivity contribution in [2.24, 2.45) is 0 Å². The van der Waals surface area contributed by atoms with E-state index in [0.717, 1.165) is 5.56 Å². The van der Waals surface area contributed by atoms with Crippen molar-refractivity contribution in [2.45, 2.75) is 31.7 Å². The summed E-state index contributed by atoms with van der Waals surface area (Å²) in [5.41, 5.74) is 1.11. The lowest BCUT2D eigenvalue weighted by atomic mass is 9.88. The molecule has 2 rings (SSSR count). The molecule has 1 saturated carbocycles. The van der Waals surface area contributed by atoms with Gasteiger partial charge in [0.25, 0.3) is 0 Å². The molecule has 0 aliphatic heterocycles. The third-order valence-corrected chi connectivity index (χ3v) is 3.41. The molecule has 0 saturated heterocycles. The molecule has 0 bridgehead atoms. The summed E-state index contributed by atoms with van der Waals surface area (Å²) in [6, 6.07) is 5.77. The summed E-state index contributed by atoms with van der Waals surface area (Å²) in [5, 5.41) is 9.75. The van der Waals surface area contributed by atoms with Crippen molar-refractivity contribution in [3.8, 4) is 11.5 Å². The third-order valence-electron chi connectivity index (χ3n) is 3.41. The molecule has 0 radical (unpaired) electrons. The Kier molecular flexibility index (Phi) is 5.23. The SMILES string of the molecule is COCCOC1C(O)CC1Oc1ccc(C)cc1OC. The quantitative estimate of drug-likeness (QED) is 0.769. The molecule has 1 aliphatic rings. The fourth-order valence-corrected chi connectivity index (χ4v) is 2.19. The van der Waals surface area contributed by atoms with Crippen LogP contribution in [0.15, 0.2) is 18.2 Å². The van der Waals surface area contributed by atoms with Crippen LogP contribution in [-0.4, -0.2) is 50.9 Å². The Morgan fingerprint density at radius 2 is 2.00 bits per heavy atom. The average Bonchev–Trinajstić information content (AvgIpc) is 2.44. The largest absolute Gasteiger partial charge is 0.493 e. The van der Waals surface area contributed by atoms with Crippen molar-refractivity contribution in [3.05, 3.63) is 23.8 Å². The number of aliphatic hydroxyl groups is 1. The van der Waals surface area contributed by atoms with Crippen molar-refractivity contribution >= 4 is 0 Å². The lowest BCUT2D eigenvalue weighted by Crippen LogP contribution is -2.55. The standard InChI is InChI=1S/C15H22O5/c1-10-4-5-12(13(8-10)18-3)20-14-9-11(16)15(14)19-7-6-17-2/h4-5,8,11,14-16H,6-7,9H2,1-3H3. The molecule has 112 valence electrons. The zero-order valence-corrected chi connectivity index (χ0v) is 12.2. The molecule has 20 heavy (non-hydrogen) atoms. The van der Waals surface area contributed by atoms with E-state index in [1.807, 2.05) is 25.1 Å². The fourth-order valence-electron chi connectivity index (χ4n) is 2.19. The maximum absolute atomic E-state index is 9.75. The van der Waals surface area contributed by atoms with E-state index >= 15 is 0 Å². The van der Waals surface area contributed by atoms with Crippen molar-refractivity contribution in [3.63, 3.8) is 0 Å². The number of ether oxygens (including phenoxy) is 4. The summed E-state index contributed by atoms with van der Waals surface area (Å²) in [7, 11) is 3.23. The molecule has 1 aromatic rings. The number of hydrogen-bond acceptors (Lipinski definition) is 5. The second kappa shape index (κ2) is 6.92. The van der Waals surface area contributed by atoms with Crippen LogP contribution in [0.1, 0.15) is 12.0 Å². The fraction of sp³-hybridized carbons (Fsp3) is 0.600. The minimum atomic E-state index is -0.478. The Labute approximate surface area is 119 Å². The van der Waals surface area contributed by atoms with E-state index in [2.05, 4.69) is 0 Å². The molecule has 0 amide bonds. The van der Waals surface area contributed by atoms with Gasteiger partial charge in [-0.2, -0.15) is 0 Å². The summed E-state index contributed by atoms with van der Waals surface area (Å²) in [6.07, 6.45) is -0.378. The molecule has 1 N–H and O–H groups in total. The molecule has 0 spiro atoms.